The number of carbonyl (C=O) groups is 1. The van der Waals surface area contributed by atoms with Crippen LogP contribution in [0.25, 0.3) is 0 Å². The van der Waals surface area contributed by atoms with E-state index in [0.717, 1.165) is 12.1 Å². The summed E-state index contributed by atoms with van der Waals surface area (Å²) in [4.78, 5) is 15.6. The summed E-state index contributed by atoms with van der Waals surface area (Å²) in [6.45, 7) is -0.230. The van der Waals surface area contributed by atoms with Crippen molar-refractivity contribution >= 4 is 5.91 Å². The second kappa shape index (κ2) is 7.46. The monoisotopic (exact) mass is 308 g/mol. The van der Waals surface area contributed by atoms with Gasteiger partial charge in [-0.05, 0) is 24.3 Å². The number of aromatic nitrogens is 1. The highest BCUT2D eigenvalue weighted by molar-refractivity contribution is 5.92. The van der Waals surface area contributed by atoms with Crippen LogP contribution in [0.15, 0.2) is 42.6 Å². The van der Waals surface area contributed by atoms with Crippen molar-refractivity contribution in [3.63, 3.8) is 0 Å². The molecular weight excluding hydrogens is 294 g/mol. The molecule has 0 radical (unpaired) electrons. The molecule has 0 aliphatic heterocycles. The molecule has 0 saturated heterocycles. The molecule has 0 saturated carbocycles. The Morgan fingerprint density at radius 2 is 2.09 bits per heavy atom. The molecule has 1 aromatic carbocycles. The van der Waals surface area contributed by atoms with Crippen molar-refractivity contribution in [2.45, 2.75) is 6.10 Å². The molecule has 0 spiro atoms. The topological polar surface area (TPSA) is 71.5 Å². The average molecular weight is 308 g/mol. The average Bonchev–Trinajstić information content (AvgIpc) is 2.54. The Labute approximate surface area is 125 Å². The van der Waals surface area contributed by atoms with Gasteiger partial charge in [0.2, 0.25) is 0 Å². The fourth-order valence-corrected chi connectivity index (χ4v) is 1.62. The number of hydrogen-bond acceptors (Lipinski definition) is 4. The Kier molecular flexibility index (Phi) is 5.37. The molecule has 2 aromatic rings. The largest absolute Gasteiger partial charge is 0.491 e. The van der Waals surface area contributed by atoms with Crippen LogP contribution < -0.4 is 10.1 Å². The van der Waals surface area contributed by atoms with E-state index in [4.69, 9.17) is 4.74 Å². The number of rotatable bonds is 6. The molecule has 22 heavy (non-hydrogen) atoms. The van der Waals surface area contributed by atoms with E-state index < -0.39 is 23.6 Å². The Morgan fingerprint density at radius 1 is 1.27 bits per heavy atom. The third kappa shape index (κ3) is 4.49. The molecule has 0 aliphatic rings. The van der Waals surface area contributed by atoms with Crippen LogP contribution in [-0.2, 0) is 0 Å². The molecule has 116 valence electrons. The first-order chi connectivity index (χ1) is 10.6. The second-order valence-electron chi connectivity index (χ2n) is 4.47. The lowest BCUT2D eigenvalue weighted by Crippen LogP contribution is -2.35. The first-order valence-corrected chi connectivity index (χ1v) is 6.51. The SMILES string of the molecule is O=C(NCC(O)COc1ccc(F)c(F)c1)c1ccccn1. The predicted molar refractivity (Wildman–Crippen MR) is 74.4 cm³/mol. The van der Waals surface area contributed by atoms with Crippen LogP contribution in [0.4, 0.5) is 8.78 Å². The molecule has 1 aromatic heterocycles. The van der Waals surface area contributed by atoms with Gasteiger partial charge in [0.15, 0.2) is 11.6 Å². The van der Waals surface area contributed by atoms with Gasteiger partial charge < -0.3 is 15.2 Å². The van der Waals surface area contributed by atoms with Crippen molar-refractivity contribution in [2.75, 3.05) is 13.2 Å². The fraction of sp³-hybridized carbons (Fsp3) is 0.200. The van der Waals surface area contributed by atoms with Gasteiger partial charge in [0.1, 0.15) is 24.2 Å². The quantitative estimate of drug-likeness (QED) is 0.849. The number of aliphatic hydroxyl groups is 1. The van der Waals surface area contributed by atoms with Crippen molar-refractivity contribution < 1.29 is 23.4 Å². The van der Waals surface area contributed by atoms with E-state index in [2.05, 4.69) is 10.3 Å². The molecule has 1 unspecified atom stereocenters. The summed E-state index contributed by atoms with van der Waals surface area (Å²) in [5.41, 5.74) is 0.233. The summed E-state index contributed by atoms with van der Waals surface area (Å²) in [5.74, 6) is -2.34. The smallest absolute Gasteiger partial charge is 0.269 e. The number of nitrogens with one attached hydrogen (secondary N) is 1. The number of benzene rings is 1. The van der Waals surface area contributed by atoms with Gasteiger partial charge in [0.25, 0.3) is 5.91 Å². The van der Waals surface area contributed by atoms with Crippen LogP contribution in [0.1, 0.15) is 10.5 Å². The molecule has 0 bridgehead atoms. The number of amides is 1. The fourth-order valence-electron chi connectivity index (χ4n) is 1.62. The van der Waals surface area contributed by atoms with Gasteiger partial charge >= 0.3 is 0 Å². The molecule has 0 aliphatic carbocycles. The summed E-state index contributed by atoms with van der Waals surface area (Å²) >= 11 is 0. The van der Waals surface area contributed by atoms with Crippen LogP contribution >= 0.6 is 0 Å². The number of carbonyl (C=O) groups excluding carboxylic acids is 1. The van der Waals surface area contributed by atoms with E-state index in [0.29, 0.717) is 0 Å². The van der Waals surface area contributed by atoms with Crippen LogP contribution in [0.5, 0.6) is 5.75 Å². The third-order valence-corrected chi connectivity index (χ3v) is 2.73. The zero-order valence-corrected chi connectivity index (χ0v) is 11.5. The molecule has 0 fully saturated rings. The van der Waals surface area contributed by atoms with Crippen LogP contribution in [0, 0.1) is 11.6 Å². The molecule has 1 heterocycles. The van der Waals surface area contributed by atoms with Crippen molar-refractivity contribution in [2.24, 2.45) is 0 Å². The highest BCUT2D eigenvalue weighted by Crippen LogP contribution is 2.15. The molecule has 1 amide bonds. The molecule has 7 heteroatoms. The van der Waals surface area contributed by atoms with Gasteiger partial charge in [-0.15, -0.1) is 0 Å². The molecule has 1 atom stereocenters. The minimum Gasteiger partial charge on any atom is -0.491 e. The van der Waals surface area contributed by atoms with Crippen LogP contribution in [0.2, 0.25) is 0 Å². The zero-order chi connectivity index (χ0) is 15.9. The summed E-state index contributed by atoms with van der Waals surface area (Å²) < 4.78 is 30.8. The summed E-state index contributed by atoms with van der Waals surface area (Å²) in [6, 6.07) is 7.96. The highest BCUT2D eigenvalue weighted by atomic mass is 19.2. The Morgan fingerprint density at radius 3 is 2.77 bits per heavy atom. The van der Waals surface area contributed by atoms with Crippen molar-refractivity contribution in [1.82, 2.24) is 10.3 Å². The van der Waals surface area contributed by atoms with E-state index in [1.165, 1.54) is 12.3 Å². The maximum absolute atomic E-state index is 13.0. The number of pyridine rings is 1. The van der Waals surface area contributed by atoms with Gasteiger partial charge in [-0.2, -0.15) is 0 Å². The first kappa shape index (κ1) is 15.8. The Balaban J connectivity index is 1.77. The van der Waals surface area contributed by atoms with Gasteiger partial charge in [0, 0.05) is 18.8 Å². The Hall–Kier alpha value is -2.54. The van der Waals surface area contributed by atoms with E-state index in [1.54, 1.807) is 18.2 Å². The lowest BCUT2D eigenvalue weighted by Gasteiger charge is -2.13. The summed E-state index contributed by atoms with van der Waals surface area (Å²) in [6.07, 6.45) is 0.484. The summed E-state index contributed by atoms with van der Waals surface area (Å²) in [5, 5.41) is 12.2. The highest BCUT2D eigenvalue weighted by Gasteiger charge is 2.11. The maximum Gasteiger partial charge on any atom is 0.269 e. The lowest BCUT2D eigenvalue weighted by atomic mass is 10.3. The Bertz CT molecular complexity index is 638. The van der Waals surface area contributed by atoms with Crippen molar-refractivity contribution in [3.05, 3.63) is 59.9 Å². The van der Waals surface area contributed by atoms with Gasteiger partial charge in [-0.3, -0.25) is 9.78 Å². The minimum absolute atomic E-state index is 0.0565. The second-order valence-corrected chi connectivity index (χ2v) is 4.47. The number of aliphatic hydroxyl groups excluding tert-OH is 1. The standard InChI is InChI=1S/C15H14F2N2O3/c16-12-5-4-11(7-13(12)17)22-9-10(20)8-19-15(21)14-3-1-2-6-18-14/h1-7,10,20H,8-9H2,(H,19,21). The zero-order valence-electron chi connectivity index (χ0n) is 11.5. The first-order valence-electron chi connectivity index (χ1n) is 6.51. The van der Waals surface area contributed by atoms with Gasteiger partial charge in [-0.25, -0.2) is 8.78 Å². The number of halogens is 2. The van der Waals surface area contributed by atoms with E-state index in [1.807, 2.05) is 0 Å². The summed E-state index contributed by atoms with van der Waals surface area (Å²) in [7, 11) is 0. The van der Waals surface area contributed by atoms with Crippen molar-refractivity contribution in [1.29, 1.82) is 0 Å². The van der Waals surface area contributed by atoms with Gasteiger partial charge in [-0.1, -0.05) is 6.07 Å². The third-order valence-electron chi connectivity index (χ3n) is 2.73. The lowest BCUT2D eigenvalue weighted by molar-refractivity contribution is 0.0839. The van der Waals surface area contributed by atoms with E-state index in [-0.39, 0.29) is 24.6 Å². The number of hydrogen-bond donors (Lipinski definition) is 2. The molecular formula is C15H14F2N2O3. The van der Waals surface area contributed by atoms with E-state index >= 15 is 0 Å². The maximum atomic E-state index is 13.0. The molecule has 2 rings (SSSR count). The molecule has 5 nitrogen and oxygen atoms in total. The van der Waals surface area contributed by atoms with E-state index in [9.17, 15) is 18.7 Å². The predicted octanol–water partition coefficient (Wildman–Crippen LogP) is 1.53. The minimum atomic E-state index is -1.03. The number of ether oxygens (including phenoxy) is 1. The normalized spacial score (nSPS) is 11.8. The van der Waals surface area contributed by atoms with Gasteiger partial charge in [0.05, 0.1) is 0 Å². The van der Waals surface area contributed by atoms with Crippen LogP contribution in [0.3, 0.4) is 0 Å². The van der Waals surface area contributed by atoms with Crippen LogP contribution in [-0.4, -0.2) is 35.3 Å². The van der Waals surface area contributed by atoms with Crippen molar-refractivity contribution in [3.8, 4) is 5.75 Å². The number of nitrogens with zero attached hydrogens (tertiary/aromatic N) is 1. The molecule has 2 N–H and O–H groups in total.